The van der Waals surface area contributed by atoms with Crippen molar-refractivity contribution in [1.29, 1.82) is 0 Å². The third kappa shape index (κ3) is 3.01. The molecule has 2 unspecified atom stereocenters. The normalized spacial score (nSPS) is 24.2. The summed E-state index contributed by atoms with van der Waals surface area (Å²) in [6, 6.07) is 2.32. The summed E-state index contributed by atoms with van der Waals surface area (Å²) in [6.45, 7) is 6.01. The average Bonchev–Trinajstić information content (AvgIpc) is 2.35. The number of hydrogen-bond donors (Lipinski definition) is 1. The predicted molar refractivity (Wildman–Crippen MR) is 73.9 cm³/mol. The van der Waals surface area contributed by atoms with Crippen LogP contribution in [-0.2, 0) is 0 Å². The van der Waals surface area contributed by atoms with Gasteiger partial charge < -0.3 is 5.43 Å². The minimum atomic E-state index is -0.370. The van der Waals surface area contributed by atoms with E-state index in [1.54, 1.807) is 13.1 Å². The van der Waals surface area contributed by atoms with Crippen molar-refractivity contribution in [3.63, 3.8) is 0 Å². The lowest BCUT2D eigenvalue weighted by Gasteiger charge is -2.39. The molecule has 1 aliphatic rings. The minimum Gasteiger partial charge on any atom is -0.302 e. The molecular weight excluding hydrogens is 244 g/mol. The quantitative estimate of drug-likeness (QED) is 0.671. The maximum atomic E-state index is 10.9. The van der Waals surface area contributed by atoms with E-state index < -0.39 is 0 Å². The van der Waals surface area contributed by atoms with E-state index in [2.05, 4.69) is 29.3 Å². The number of nitrogens with zero attached hydrogens (tertiary/aromatic N) is 3. The molecule has 0 saturated carbocycles. The second kappa shape index (κ2) is 5.52. The Hall–Kier alpha value is -1.69. The Bertz CT molecular complexity index is 468. The highest BCUT2D eigenvalue weighted by Gasteiger charge is 2.25. The molecule has 0 aliphatic carbocycles. The third-order valence-electron chi connectivity index (χ3n) is 3.71. The summed E-state index contributed by atoms with van der Waals surface area (Å²) in [5, 5.41) is 13.1. The highest BCUT2D eigenvalue weighted by atomic mass is 16.6. The molecule has 0 amide bonds. The SMILES string of the molecule is Cc1cnc(NN2C(C)CCCC2C)cc1[N+](=O)[O-]. The van der Waals surface area contributed by atoms with Crippen LogP contribution in [0.4, 0.5) is 11.5 Å². The second-order valence-corrected chi connectivity index (χ2v) is 5.26. The van der Waals surface area contributed by atoms with Crippen molar-refractivity contribution in [2.45, 2.75) is 52.1 Å². The van der Waals surface area contributed by atoms with Crippen molar-refractivity contribution in [2.75, 3.05) is 5.43 Å². The molecule has 0 bridgehead atoms. The van der Waals surface area contributed by atoms with Gasteiger partial charge in [-0.3, -0.25) is 10.1 Å². The van der Waals surface area contributed by atoms with E-state index in [4.69, 9.17) is 0 Å². The Balaban J connectivity index is 2.18. The molecule has 2 atom stereocenters. The van der Waals surface area contributed by atoms with Crippen molar-refractivity contribution in [2.24, 2.45) is 0 Å². The third-order valence-corrected chi connectivity index (χ3v) is 3.71. The van der Waals surface area contributed by atoms with Crippen LogP contribution in [0.2, 0.25) is 0 Å². The summed E-state index contributed by atoms with van der Waals surface area (Å²) in [6.07, 6.45) is 5.03. The van der Waals surface area contributed by atoms with Crippen LogP contribution in [0.25, 0.3) is 0 Å². The van der Waals surface area contributed by atoms with E-state index in [1.165, 1.54) is 12.5 Å². The molecule has 0 aromatic carbocycles. The van der Waals surface area contributed by atoms with Gasteiger partial charge in [0.1, 0.15) is 5.82 Å². The number of aromatic nitrogens is 1. The molecular formula is C13H20N4O2. The fraction of sp³-hybridized carbons (Fsp3) is 0.615. The minimum absolute atomic E-state index is 0.106. The Labute approximate surface area is 112 Å². The van der Waals surface area contributed by atoms with Gasteiger partial charge in [-0.05, 0) is 33.6 Å². The Morgan fingerprint density at radius 2 is 2.05 bits per heavy atom. The van der Waals surface area contributed by atoms with Crippen LogP contribution in [-0.4, -0.2) is 27.0 Å². The number of nitro groups is 1. The number of nitrogens with one attached hydrogen (secondary N) is 1. The number of piperidine rings is 1. The number of hydrazine groups is 1. The molecule has 19 heavy (non-hydrogen) atoms. The van der Waals surface area contributed by atoms with Gasteiger partial charge in [0.2, 0.25) is 0 Å². The molecule has 104 valence electrons. The van der Waals surface area contributed by atoms with Crippen LogP contribution in [0.5, 0.6) is 0 Å². The molecule has 2 heterocycles. The summed E-state index contributed by atoms with van der Waals surface area (Å²) >= 11 is 0. The average molecular weight is 264 g/mol. The van der Waals surface area contributed by atoms with Crippen molar-refractivity contribution >= 4 is 11.5 Å². The fourth-order valence-corrected chi connectivity index (χ4v) is 2.54. The van der Waals surface area contributed by atoms with Gasteiger partial charge in [-0.25, -0.2) is 9.99 Å². The molecule has 1 N–H and O–H groups in total. The molecule has 1 aromatic heterocycles. The topological polar surface area (TPSA) is 71.3 Å². The van der Waals surface area contributed by atoms with Gasteiger partial charge in [-0.15, -0.1) is 0 Å². The molecule has 0 spiro atoms. The molecule has 2 rings (SSSR count). The van der Waals surface area contributed by atoms with Gasteiger partial charge >= 0.3 is 0 Å². The van der Waals surface area contributed by atoms with E-state index in [0.717, 1.165) is 12.8 Å². The number of hydrogen-bond acceptors (Lipinski definition) is 5. The van der Waals surface area contributed by atoms with E-state index >= 15 is 0 Å². The highest BCUT2D eigenvalue weighted by Crippen LogP contribution is 2.25. The van der Waals surface area contributed by atoms with Crippen LogP contribution in [0.3, 0.4) is 0 Å². The van der Waals surface area contributed by atoms with Gasteiger partial charge in [0.25, 0.3) is 5.69 Å². The predicted octanol–water partition coefficient (Wildman–Crippen LogP) is 2.89. The van der Waals surface area contributed by atoms with Crippen LogP contribution in [0.15, 0.2) is 12.3 Å². The maximum Gasteiger partial charge on any atom is 0.277 e. The molecule has 1 aromatic rings. The van der Waals surface area contributed by atoms with Gasteiger partial charge in [-0.2, -0.15) is 0 Å². The van der Waals surface area contributed by atoms with Crippen molar-refractivity contribution < 1.29 is 4.92 Å². The maximum absolute atomic E-state index is 10.9. The zero-order valence-corrected chi connectivity index (χ0v) is 11.6. The van der Waals surface area contributed by atoms with Crippen LogP contribution in [0.1, 0.15) is 38.7 Å². The second-order valence-electron chi connectivity index (χ2n) is 5.26. The summed E-state index contributed by atoms with van der Waals surface area (Å²) in [5.41, 5.74) is 3.91. The monoisotopic (exact) mass is 264 g/mol. The van der Waals surface area contributed by atoms with Crippen molar-refractivity contribution in [3.8, 4) is 0 Å². The van der Waals surface area contributed by atoms with Gasteiger partial charge in [-0.1, -0.05) is 6.42 Å². The number of pyridine rings is 1. The summed E-state index contributed by atoms with van der Waals surface area (Å²) < 4.78 is 0. The fourth-order valence-electron chi connectivity index (χ4n) is 2.54. The Kier molecular flexibility index (Phi) is 3.99. The van der Waals surface area contributed by atoms with Gasteiger partial charge in [0, 0.05) is 23.8 Å². The summed E-state index contributed by atoms with van der Waals surface area (Å²) in [4.78, 5) is 14.8. The highest BCUT2D eigenvalue weighted by molar-refractivity contribution is 5.48. The zero-order valence-electron chi connectivity index (χ0n) is 11.6. The van der Waals surface area contributed by atoms with E-state index in [9.17, 15) is 10.1 Å². The lowest BCUT2D eigenvalue weighted by atomic mass is 10.00. The zero-order chi connectivity index (χ0) is 14.0. The molecule has 6 heteroatoms. The van der Waals surface area contributed by atoms with E-state index in [0.29, 0.717) is 23.5 Å². The van der Waals surface area contributed by atoms with Crippen LogP contribution in [0, 0.1) is 17.0 Å². The summed E-state index contributed by atoms with van der Waals surface area (Å²) in [7, 11) is 0. The van der Waals surface area contributed by atoms with Crippen LogP contribution >= 0.6 is 0 Å². The molecule has 6 nitrogen and oxygen atoms in total. The molecule has 1 aliphatic heterocycles. The molecule has 0 radical (unpaired) electrons. The van der Waals surface area contributed by atoms with E-state index in [1.807, 2.05) is 0 Å². The van der Waals surface area contributed by atoms with Crippen LogP contribution < -0.4 is 5.43 Å². The first kappa shape index (κ1) is 13.7. The Morgan fingerprint density at radius 3 is 2.63 bits per heavy atom. The van der Waals surface area contributed by atoms with Gasteiger partial charge in [0.05, 0.1) is 11.0 Å². The molecule has 1 saturated heterocycles. The van der Waals surface area contributed by atoms with E-state index in [-0.39, 0.29) is 10.6 Å². The standard InChI is InChI=1S/C13H20N4O2/c1-9-8-14-13(7-12(9)17(18)19)15-16-10(2)5-4-6-11(16)3/h7-8,10-11H,4-6H2,1-3H3,(H,14,15). The number of anilines is 1. The first-order valence-corrected chi connectivity index (χ1v) is 6.65. The van der Waals surface area contributed by atoms with Crippen molar-refractivity contribution in [3.05, 3.63) is 27.9 Å². The first-order chi connectivity index (χ1) is 8.99. The number of aryl methyl sites for hydroxylation is 1. The lowest BCUT2D eigenvalue weighted by molar-refractivity contribution is -0.385. The number of rotatable bonds is 3. The first-order valence-electron chi connectivity index (χ1n) is 6.65. The molecule has 1 fully saturated rings. The van der Waals surface area contributed by atoms with Gasteiger partial charge in [0.15, 0.2) is 0 Å². The van der Waals surface area contributed by atoms with Crippen molar-refractivity contribution in [1.82, 2.24) is 9.99 Å². The summed E-state index contributed by atoms with van der Waals surface area (Å²) in [5.74, 6) is 0.540. The smallest absolute Gasteiger partial charge is 0.277 e. The Morgan fingerprint density at radius 1 is 1.42 bits per heavy atom. The largest absolute Gasteiger partial charge is 0.302 e. The lowest BCUT2D eigenvalue weighted by Crippen LogP contribution is -2.47.